The normalized spacial score (nSPS) is 18.5. The number of benzene rings is 1. The highest BCUT2D eigenvalue weighted by atomic mass is 16.5. The van der Waals surface area contributed by atoms with Crippen molar-refractivity contribution in [1.82, 2.24) is 19.7 Å². The number of aromatic nitrogens is 1. The molecule has 2 aliphatic rings. The fraction of sp³-hybridized carbons (Fsp3) is 0.538. The van der Waals surface area contributed by atoms with Crippen LogP contribution in [0.25, 0.3) is 0 Å². The first kappa shape index (κ1) is 25.2. The lowest BCUT2D eigenvalue weighted by Gasteiger charge is -2.35. The van der Waals surface area contributed by atoms with Gasteiger partial charge in [-0.2, -0.15) is 0 Å². The summed E-state index contributed by atoms with van der Waals surface area (Å²) >= 11 is 0. The Hall–Kier alpha value is -2.88. The first-order valence-corrected chi connectivity index (χ1v) is 12.4. The van der Waals surface area contributed by atoms with E-state index in [0.29, 0.717) is 37.8 Å². The molecule has 2 aliphatic heterocycles. The summed E-state index contributed by atoms with van der Waals surface area (Å²) in [5, 5.41) is 10.1. The van der Waals surface area contributed by atoms with Crippen molar-refractivity contribution in [2.45, 2.75) is 25.5 Å². The number of methoxy groups -OCH3 is 1. The number of β-amino-alcohol motifs (C(OH)–C–C–N with tert-alkyl or cyclic N) is 1. The van der Waals surface area contributed by atoms with E-state index in [1.807, 2.05) is 29.2 Å². The molecule has 4 rings (SSSR count). The number of carbonyl (C=O) groups is 1. The molecule has 1 aromatic heterocycles. The molecule has 1 aromatic carbocycles. The molecule has 0 bridgehead atoms. The molecule has 1 atom stereocenters. The zero-order valence-electron chi connectivity index (χ0n) is 20.6. The molecule has 0 unspecified atom stereocenters. The van der Waals surface area contributed by atoms with Gasteiger partial charge in [-0.05, 0) is 25.0 Å². The van der Waals surface area contributed by atoms with Crippen molar-refractivity contribution in [1.29, 1.82) is 0 Å². The van der Waals surface area contributed by atoms with Gasteiger partial charge >= 0.3 is 0 Å². The summed E-state index contributed by atoms with van der Waals surface area (Å²) in [5.41, 5.74) is 1.48. The van der Waals surface area contributed by atoms with E-state index in [2.05, 4.69) is 32.3 Å². The zero-order valence-corrected chi connectivity index (χ0v) is 20.6. The Balaban J connectivity index is 1.22. The maximum atomic E-state index is 13.0. The van der Waals surface area contributed by atoms with Gasteiger partial charge in [0, 0.05) is 70.7 Å². The van der Waals surface area contributed by atoms with Crippen LogP contribution in [0, 0.1) is 0 Å². The van der Waals surface area contributed by atoms with Gasteiger partial charge in [-0.25, -0.2) is 4.98 Å². The maximum Gasteiger partial charge on any atom is 0.275 e. The van der Waals surface area contributed by atoms with Crippen molar-refractivity contribution in [3.05, 3.63) is 54.8 Å². The SMILES string of the molecule is C=CCC[C@@H](O)CN1CCN(Cc2nc(C(=O)N3CCN(c4cccc(OC)c4)CC3)co2)CC1. The summed E-state index contributed by atoms with van der Waals surface area (Å²) in [6.45, 7) is 11.4. The summed E-state index contributed by atoms with van der Waals surface area (Å²) in [6.07, 6.45) is 4.62. The Morgan fingerprint density at radius 2 is 1.91 bits per heavy atom. The molecule has 3 heterocycles. The van der Waals surface area contributed by atoms with Crippen molar-refractivity contribution in [3.8, 4) is 5.75 Å². The number of rotatable bonds is 10. The molecular formula is C26H37N5O4. The number of aliphatic hydroxyl groups excluding tert-OH is 1. The monoisotopic (exact) mass is 483 g/mol. The van der Waals surface area contributed by atoms with Crippen LogP contribution in [0.15, 0.2) is 47.6 Å². The van der Waals surface area contributed by atoms with Crippen LogP contribution in [0.1, 0.15) is 29.2 Å². The van der Waals surface area contributed by atoms with Gasteiger partial charge < -0.3 is 24.1 Å². The Bertz CT molecular complexity index is 964. The summed E-state index contributed by atoms with van der Waals surface area (Å²) < 4.78 is 11.0. The number of nitrogens with zero attached hydrogens (tertiary/aromatic N) is 5. The first-order valence-electron chi connectivity index (χ1n) is 12.4. The summed E-state index contributed by atoms with van der Waals surface area (Å²) in [6, 6.07) is 8.00. The van der Waals surface area contributed by atoms with Gasteiger partial charge in [-0.3, -0.25) is 14.6 Å². The fourth-order valence-corrected chi connectivity index (χ4v) is 4.64. The molecule has 35 heavy (non-hydrogen) atoms. The number of hydrogen-bond acceptors (Lipinski definition) is 8. The van der Waals surface area contributed by atoms with Crippen LogP contribution < -0.4 is 9.64 Å². The summed E-state index contributed by atoms with van der Waals surface area (Å²) in [4.78, 5) is 26.1. The minimum absolute atomic E-state index is 0.0800. The number of anilines is 1. The summed E-state index contributed by atoms with van der Waals surface area (Å²) in [5.74, 6) is 1.32. The van der Waals surface area contributed by atoms with Crippen LogP contribution in [0.3, 0.4) is 0 Å². The molecular weight excluding hydrogens is 446 g/mol. The van der Waals surface area contributed by atoms with Crippen LogP contribution in [-0.4, -0.2) is 103 Å². The Labute approximate surface area is 207 Å². The highest BCUT2D eigenvalue weighted by molar-refractivity contribution is 5.92. The Kier molecular flexibility index (Phi) is 8.79. The number of carbonyl (C=O) groups excluding carboxylic acids is 1. The Morgan fingerprint density at radius 3 is 2.63 bits per heavy atom. The second-order valence-corrected chi connectivity index (χ2v) is 9.20. The molecule has 190 valence electrons. The van der Waals surface area contributed by atoms with E-state index in [1.165, 1.54) is 6.26 Å². The smallest absolute Gasteiger partial charge is 0.275 e. The average molecular weight is 484 g/mol. The van der Waals surface area contributed by atoms with Crippen LogP contribution in [0.4, 0.5) is 5.69 Å². The number of piperazine rings is 2. The van der Waals surface area contributed by atoms with E-state index in [1.54, 1.807) is 7.11 Å². The van der Waals surface area contributed by atoms with Crippen LogP contribution in [0.2, 0.25) is 0 Å². The highest BCUT2D eigenvalue weighted by Gasteiger charge is 2.26. The zero-order chi connectivity index (χ0) is 24.6. The standard InChI is InChI=1S/C26H37N5O4/c1-3-4-7-22(32)18-28-9-11-29(12-10-28)19-25-27-24(20-35-25)26(33)31-15-13-30(14-16-31)21-6-5-8-23(17-21)34-2/h3,5-6,8,17,20,22,32H,1,4,7,9-16,18-19H2,2H3/t22-/m1/s1. The highest BCUT2D eigenvalue weighted by Crippen LogP contribution is 2.22. The lowest BCUT2D eigenvalue weighted by Crippen LogP contribution is -2.49. The fourth-order valence-electron chi connectivity index (χ4n) is 4.64. The molecule has 9 nitrogen and oxygen atoms in total. The number of aliphatic hydroxyl groups is 1. The molecule has 0 spiro atoms. The molecule has 2 fully saturated rings. The number of hydrogen-bond donors (Lipinski definition) is 1. The van der Waals surface area contributed by atoms with Gasteiger partial charge in [0.05, 0.1) is 19.8 Å². The van der Waals surface area contributed by atoms with Gasteiger partial charge in [0.25, 0.3) is 5.91 Å². The third-order valence-corrected chi connectivity index (χ3v) is 6.75. The third kappa shape index (κ3) is 6.84. The van der Waals surface area contributed by atoms with Crippen molar-refractivity contribution in [2.24, 2.45) is 0 Å². The van der Waals surface area contributed by atoms with Crippen LogP contribution in [0.5, 0.6) is 5.75 Å². The second-order valence-electron chi connectivity index (χ2n) is 9.20. The van der Waals surface area contributed by atoms with Crippen molar-refractivity contribution in [3.63, 3.8) is 0 Å². The van der Waals surface area contributed by atoms with Gasteiger partial charge in [-0.15, -0.1) is 6.58 Å². The second kappa shape index (κ2) is 12.2. The lowest BCUT2D eigenvalue weighted by molar-refractivity contribution is 0.0642. The minimum atomic E-state index is -0.308. The maximum absolute atomic E-state index is 13.0. The molecule has 0 saturated carbocycles. The van der Waals surface area contributed by atoms with Gasteiger partial charge in [0.15, 0.2) is 5.69 Å². The lowest BCUT2D eigenvalue weighted by atomic mass is 10.1. The number of ether oxygens (including phenoxy) is 1. The molecule has 1 amide bonds. The largest absolute Gasteiger partial charge is 0.497 e. The Morgan fingerprint density at radius 1 is 1.17 bits per heavy atom. The number of allylic oxidation sites excluding steroid dienone is 1. The van der Waals surface area contributed by atoms with Crippen LogP contribution in [-0.2, 0) is 6.54 Å². The molecule has 2 aromatic rings. The topological polar surface area (TPSA) is 85.5 Å². The van der Waals surface area contributed by atoms with E-state index in [-0.39, 0.29) is 12.0 Å². The third-order valence-electron chi connectivity index (χ3n) is 6.75. The predicted octanol–water partition coefficient (Wildman–Crippen LogP) is 2.09. The van der Waals surface area contributed by atoms with E-state index in [4.69, 9.17) is 9.15 Å². The van der Waals surface area contributed by atoms with Gasteiger partial charge in [0.1, 0.15) is 12.0 Å². The van der Waals surface area contributed by atoms with E-state index in [9.17, 15) is 9.90 Å². The average Bonchev–Trinajstić information content (AvgIpc) is 3.36. The van der Waals surface area contributed by atoms with Gasteiger partial charge in [-0.1, -0.05) is 12.1 Å². The van der Waals surface area contributed by atoms with Crippen molar-refractivity contribution in [2.75, 3.05) is 70.9 Å². The minimum Gasteiger partial charge on any atom is -0.497 e. The number of amides is 1. The quantitative estimate of drug-likeness (QED) is 0.515. The predicted molar refractivity (Wildman–Crippen MR) is 135 cm³/mol. The summed E-state index contributed by atoms with van der Waals surface area (Å²) in [7, 11) is 1.67. The molecule has 0 aliphatic carbocycles. The van der Waals surface area contributed by atoms with E-state index < -0.39 is 0 Å². The van der Waals surface area contributed by atoms with E-state index in [0.717, 1.165) is 63.5 Å². The molecule has 2 saturated heterocycles. The first-order chi connectivity index (χ1) is 17.1. The van der Waals surface area contributed by atoms with Crippen molar-refractivity contribution < 1.29 is 19.1 Å². The van der Waals surface area contributed by atoms with E-state index >= 15 is 0 Å². The molecule has 1 N–H and O–H groups in total. The van der Waals surface area contributed by atoms with Crippen molar-refractivity contribution >= 4 is 11.6 Å². The van der Waals surface area contributed by atoms with Gasteiger partial charge in [0.2, 0.25) is 5.89 Å². The molecule has 9 heteroatoms. The van der Waals surface area contributed by atoms with Crippen LogP contribution >= 0.6 is 0 Å². The number of oxazole rings is 1. The molecule has 0 radical (unpaired) electrons.